The molecular weight excluding hydrogens is 341 g/mol. The van der Waals surface area contributed by atoms with Crippen LogP contribution in [0.1, 0.15) is 15.9 Å². The van der Waals surface area contributed by atoms with Gasteiger partial charge in [0.25, 0.3) is 5.91 Å². The number of carbonyl (C=O) groups is 1. The van der Waals surface area contributed by atoms with E-state index >= 15 is 0 Å². The Kier molecular flexibility index (Phi) is 5.31. The molecule has 0 fully saturated rings. The fourth-order valence-electron chi connectivity index (χ4n) is 2.27. The van der Waals surface area contributed by atoms with Crippen LogP contribution >= 0.6 is 11.6 Å². The maximum Gasteiger partial charge on any atom is 0.255 e. The van der Waals surface area contributed by atoms with E-state index in [1.165, 1.54) is 18.2 Å². The Balaban J connectivity index is 1.68. The second kappa shape index (κ2) is 7.81. The number of anilines is 1. The Labute approximate surface area is 150 Å². The van der Waals surface area contributed by atoms with E-state index in [4.69, 9.17) is 16.3 Å². The van der Waals surface area contributed by atoms with Crippen molar-refractivity contribution in [2.24, 2.45) is 0 Å². The number of ether oxygens (including phenoxy) is 1. The number of benzene rings is 3. The van der Waals surface area contributed by atoms with E-state index in [2.05, 4.69) is 5.32 Å². The van der Waals surface area contributed by atoms with Gasteiger partial charge in [0.15, 0.2) is 0 Å². The van der Waals surface area contributed by atoms with Crippen LogP contribution in [-0.4, -0.2) is 5.91 Å². The van der Waals surface area contributed by atoms with E-state index in [1.54, 1.807) is 36.4 Å². The molecule has 0 heterocycles. The molecule has 1 amide bonds. The third-order valence-electron chi connectivity index (χ3n) is 3.53. The number of halogens is 2. The monoisotopic (exact) mass is 355 g/mol. The first kappa shape index (κ1) is 17.0. The highest BCUT2D eigenvalue weighted by Crippen LogP contribution is 2.20. The molecule has 0 atom stereocenters. The van der Waals surface area contributed by atoms with Gasteiger partial charge in [-0.3, -0.25) is 4.79 Å². The molecule has 25 heavy (non-hydrogen) atoms. The van der Waals surface area contributed by atoms with Gasteiger partial charge in [0.1, 0.15) is 18.2 Å². The van der Waals surface area contributed by atoms with E-state index in [9.17, 15) is 9.18 Å². The average molecular weight is 356 g/mol. The Bertz CT molecular complexity index is 898. The van der Waals surface area contributed by atoms with Gasteiger partial charge in [-0.1, -0.05) is 41.9 Å². The predicted octanol–water partition coefficient (Wildman–Crippen LogP) is 5.31. The van der Waals surface area contributed by atoms with Gasteiger partial charge in [0, 0.05) is 21.8 Å². The molecule has 3 rings (SSSR count). The van der Waals surface area contributed by atoms with Crippen molar-refractivity contribution >= 4 is 23.2 Å². The van der Waals surface area contributed by atoms with Crippen LogP contribution in [0, 0.1) is 5.82 Å². The Morgan fingerprint density at radius 1 is 1.00 bits per heavy atom. The van der Waals surface area contributed by atoms with Gasteiger partial charge < -0.3 is 10.1 Å². The van der Waals surface area contributed by atoms with Crippen LogP contribution in [-0.2, 0) is 6.61 Å². The molecule has 0 bridgehead atoms. The molecule has 0 aliphatic rings. The third-order valence-corrected chi connectivity index (χ3v) is 3.90. The third kappa shape index (κ3) is 4.58. The van der Waals surface area contributed by atoms with Gasteiger partial charge in [-0.2, -0.15) is 0 Å². The van der Waals surface area contributed by atoms with Crippen molar-refractivity contribution in [2.45, 2.75) is 6.61 Å². The standard InChI is InChI=1S/C20H15ClFNO2/c21-19-10-2-1-5-15(19)13-25-18-9-3-6-14(11-18)20(24)23-17-8-4-7-16(22)12-17/h1-12H,13H2,(H,23,24). The summed E-state index contributed by atoms with van der Waals surface area (Å²) < 4.78 is 18.9. The minimum absolute atomic E-state index is 0.300. The first-order chi connectivity index (χ1) is 12.1. The first-order valence-corrected chi connectivity index (χ1v) is 8.03. The van der Waals surface area contributed by atoms with Crippen molar-refractivity contribution < 1.29 is 13.9 Å². The lowest BCUT2D eigenvalue weighted by Crippen LogP contribution is -2.12. The zero-order valence-corrected chi connectivity index (χ0v) is 14.0. The van der Waals surface area contributed by atoms with Crippen LogP contribution in [0.4, 0.5) is 10.1 Å². The van der Waals surface area contributed by atoms with Crippen LogP contribution < -0.4 is 10.1 Å². The molecule has 3 aromatic carbocycles. The molecule has 3 aromatic rings. The smallest absolute Gasteiger partial charge is 0.255 e. The molecule has 0 aromatic heterocycles. The number of amides is 1. The second-order valence-corrected chi connectivity index (χ2v) is 5.78. The minimum atomic E-state index is -0.408. The maximum absolute atomic E-state index is 13.2. The Morgan fingerprint density at radius 3 is 2.60 bits per heavy atom. The topological polar surface area (TPSA) is 38.3 Å². The normalized spacial score (nSPS) is 10.3. The number of carbonyl (C=O) groups excluding carboxylic acids is 1. The summed E-state index contributed by atoms with van der Waals surface area (Å²) in [5.74, 6) is -0.199. The van der Waals surface area contributed by atoms with Crippen molar-refractivity contribution in [1.82, 2.24) is 0 Å². The maximum atomic E-state index is 13.2. The summed E-state index contributed by atoms with van der Waals surface area (Å²) in [7, 11) is 0. The van der Waals surface area contributed by atoms with E-state index in [0.29, 0.717) is 28.6 Å². The SMILES string of the molecule is O=C(Nc1cccc(F)c1)c1cccc(OCc2ccccc2Cl)c1. The minimum Gasteiger partial charge on any atom is -0.489 e. The predicted molar refractivity (Wildman–Crippen MR) is 96.6 cm³/mol. The van der Waals surface area contributed by atoms with Crippen LogP contribution in [0.25, 0.3) is 0 Å². The number of nitrogens with one attached hydrogen (secondary N) is 1. The second-order valence-electron chi connectivity index (χ2n) is 5.37. The van der Waals surface area contributed by atoms with Crippen molar-refractivity contribution in [3.8, 4) is 5.75 Å². The lowest BCUT2D eigenvalue weighted by molar-refractivity contribution is 0.102. The van der Waals surface area contributed by atoms with Gasteiger partial charge in [-0.15, -0.1) is 0 Å². The zero-order chi connectivity index (χ0) is 17.6. The van der Waals surface area contributed by atoms with E-state index in [0.717, 1.165) is 5.56 Å². The van der Waals surface area contributed by atoms with Crippen molar-refractivity contribution in [3.63, 3.8) is 0 Å². The number of rotatable bonds is 5. The van der Waals surface area contributed by atoms with Crippen LogP contribution in [0.5, 0.6) is 5.75 Å². The fraction of sp³-hybridized carbons (Fsp3) is 0.0500. The molecule has 0 spiro atoms. The zero-order valence-electron chi connectivity index (χ0n) is 13.2. The van der Waals surface area contributed by atoms with E-state index in [-0.39, 0.29) is 5.91 Å². The quantitative estimate of drug-likeness (QED) is 0.673. The molecule has 0 saturated carbocycles. The summed E-state index contributed by atoms with van der Waals surface area (Å²) in [5, 5.41) is 3.28. The van der Waals surface area contributed by atoms with E-state index < -0.39 is 5.82 Å². The van der Waals surface area contributed by atoms with Gasteiger partial charge in [0.2, 0.25) is 0 Å². The molecule has 3 nitrogen and oxygen atoms in total. The summed E-state index contributed by atoms with van der Waals surface area (Å²) in [5.41, 5.74) is 1.67. The largest absolute Gasteiger partial charge is 0.489 e. The summed E-state index contributed by atoms with van der Waals surface area (Å²) in [4.78, 5) is 12.3. The molecule has 5 heteroatoms. The van der Waals surface area contributed by atoms with Gasteiger partial charge in [-0.25, -0.2) is 4.39 Å². The van der Waals surface area contributed by atoms with Crippen molar-refractivity contribution in [1.29, 1.82) is 0 Å². The fourth-order valence-corrected chi connectivity index (χ4v) is 2.46. The van der Waals surface area contributed by atoms with Crippen LogP contribution in [0.15, 0.2) is 72.8 Å². The molecule has 0 radical (unpaired) electrons. The first-order valence-electron chi connectivity index (χ1n) is 7.65. The highest BCUT2D eigenvalue weighted by Gasteiger charge is 2.08. The lowest BCUT2D eigenvalue weighted by Gasteiger charge is -2.10. The van der Waals surface area contributed by atoms with Crippen molar-refractivity contribution in [2.75, 3.05) is 5.32 Å². The number of hydrogen-bond acceptors (Lipinski definition) is 2. The van der Waals surface area contributed by atoms with Crippen molar-refractivity contribution in [3.05, 3.63) is 94.8 Å². The molecule has 0 saturated heterocycles. The summed E-state index contributed by atoms with van der Waals surface area (Å²) >= 11 is 6.10. The van der Waals surface area contributed by atoms with Crippen LogP contribution in [0.2, 0.25) is 5.02 Å². The Hall–Kier alpha value is -2.85. The summed E-state index contributed by atoms with van der Waals surface area (Å²) in [6, 6.07) is 19.9. The highest BCUT2D eigenvalue weighted by molar-refractivity contribution is 6.31. The molecular formula is C20H15ClFNO2. The molecule has 126 valence electrons. The van der Waals surface area contributed by atoms with E-state index in [1.807, 2.05) is 18.2 Å². The molecule has 0 aliphatic heterocycles. The average Bonchev–Trinajstić information content (AvgIpc) is 2.61. The molecule has 1 N–H and O–H groups in total. The number of hydrogen-bond donors (Lipinski definition) is 1. The summed E-state index contributed by atoms with van der Waals surface area (Å²) in [6.07, 6.45) is 0. The molecule has 0 aliphatic carbocycles. The molecule has 0 unspecified atom stereocenters. The van der Waals surface area contributed by atoms with Gasteiger partial charge in [-0.05, 0) is 42.5 Å². The van der Waals surface area contributed by atoms with Gasteiger partial charge in [0.05, 0.1) is 0 Å². The highest BCUT2D eigenvalue weighted by atomic mass is 35.5. The summed E-state index contributed by atoms with van der Waals surface area (Å²) in [6.45, 7) is 0.300. The Morgan fingerprint density at radius 2 is 1.80 bits per heavy atom. The van der Waals surface area contributed by atoms with Crippen LogP contribution in [0.3, 0.4) is 0 Å². The lowest BCUT2D eigenvalue weighted by atomic mass is 10.2. The van der Waals surface area contributed by atoms with Gasteiger partial charge >= 0.3 is 0 Å².